The number of methoxy groups -OCH3 is 2. The Hall–Kier alpha value is -2.59. The Morgan fingerprint density at radius 1 is 1.42 bits per heavy atom. The first-order valence-electron chi connectivity index (χ1n) is 7.05. The molecule has 1 aromatic carbocycles. The van der Waals surface area contributed by atoms with Crippen molar-refractivity contribution in [1.82, 2.24) is 0 Å². The van der Waals surface area contributed by atoms with Gasteiger partial charge in [0.05, 0.1) is 11.5 Å². The van der Waals surface area contributed by atoms with Crippen molar-refractivity contribution < 1.29 is 29.0 Å². The van der Waals surface area contributed by atoms with Gasteiger partial charge in [-0.2, -0.15) is 0 Å². The van der Waals surface area contributed by atoms with E-state index in [1.165, 1.54) is 27.2 Å². The zero-order valence-electron chi connectivity index (χ0n) is 13.6. The maximum atomic E-state index is 11.1. The van der Waals surface area contributed by atoms with Crippen LogP contribution in [-0.2, 0) is 14.3 Å². The van der Waals surface area contributed by atoms with Gasteiger partial charge in [0.15, 0.2) is 17.7 Å². The van der Waals surface area contributed by atoms with E-state index in [0.717, 1.165) is 6.07 Å². The maximum Gasteiger partial charge on any atom is 0.325 e. The zero-order valence-corrected chi connectivity index (χ0v) is 13.6. The molecule has 0 saturated carbocycles. The molecule has 0 spiro atoms. The minimum absolute atomic E-state index is 0.0789. The molecular weight excluding hydrogens is 322 g/mol. The van der Waals surface area contributed by atoms with Crippen molar-refractivity contribution in [1.29, 1.82) is 0 Å². The van der Waals surface area contributed by atoms with Crippen molar-refractivity contribution in [2.24, 2.45) is 0 Å². The summed E-state index contributed by atoms with van der Waals surface area (Å²) in [4.78, 5) is 21.4. The fourth-order valence-electron chi connectivity index (χ4n) is 1.87. The summed E-state index contributed by atoms with van der Waals surface area (Å²) in [6, 6.07) is 1.64. The molecule has 0 unspecified atom stereocenters. The first kappa shape index (κ1) is 19.5. The van der Waals surface area contributed by atoms with Crippen LogP contribution in [0.25, 0.3) is 0 Å². The predicted molar refractivity (Wildman–Crippen MR) is 86.1 cm³/mol. The monoisotopic (exact) mass is 343 g/mol. The van der Waals surface area contributed by atoms with Gasteiger partial charge in [-0.05, 0) is 6.92 Å². The Morgan fingerprint density at radius 3 is 2.54 bits per heavy atom. The summed E-state index contributed by atoms with van der Waals surface area (Å²) < 4.78 is 15.5. The number of nitrogen functional groups attached to an aromatic ring is 1. The molecule has 24 heavy (non-hydrogen) atoms. The van der Waals surface area contributed by atoms with Crippen LogP contribution in [0, 0.1) is 10.1 Å². The van der Waals surface area contributed by atoms with Crippen LogP contribution in [0.2, 0.25) is 0 Å². The molecule has 1 aromatic rings. The number of nitro benzene ring substituents is 1. The van der Waals surface area contributed by atoms with Gasteiger partial charge in [0, 0.05) is 38.5 Å². The second-order valence-electron chi connectivity index (χ2n) is 4.91. The molecule has 0 aliphatic carbocycles. The molecular formula is C14H21N3O7. The number of nitrogens with one attached hydrogen (secondary N) is 1. The summed E-state index contributed by atoms with van der Waals surface area (Å²) in [7, 11) is 2.95. The molecule has 0 amide bonds. The molecule has 4 N–H and O–H groups in total. The molecule has 0 fully saturated rings. The van der Waals surface area contributed by atoms with E-state index in [2.05, 4.69) is 5.32 Å². The smallest absolute Gasteiger partial charge is 0.325 e. The van der Waals surface area contributed by atoms with Crippen molar-refractivity contribution in [2.75, 3.05) is 31.9 Å². The first-order chi connectivity index (χ1) is 11.3. The summed E-state index contributed by atoms with van der Waals surface area (Å²) in [5.74, 6) is -1.02. The van der Waals surface area contributed by atoms with Gasteiger partial charge in [-0.1, -0.05) is 0 Å². The first-order valence-corrected chi connectivity index (χ1v) is 7.05. The lowest BCUT2D eigenvalue weighted by Gasteiger charge is -2.16. The Morgan fingerprint density at radius 2 is 2.04 bits per heavy atom. The van der Waals surface area contributed by atoms with E-state index in [4.69, 9.17) is 25.1 Å². The zero-order chi connectivity index (χ0) is 18.3. The molecule has 0 heterocycles. The highest BCUT2D eigenvalue weighted by Crippen LogP contribution is 2.35. The topological polar surface area (TPSA) is 146 Å². The molecule has 1 atom stereocenters. The quantitative estimate of drug-likeness (QED) is 0.248. The predicted octanol–water partition coefficient (Wildman–Crippen LogP) is 1.45. The van der Waals surface area contributed by atoms with Crippen LogP contribution in [-0.4, -0.2) is 49.2 Å². The van der Waals surface area contributed by atoms with Gasteiger partial charge in [0.2, 0.25) is 0 Å². The van der Waals surface area contributed by atoms with Gasteiger partial charge in [-0.3, -0.25) is 14.9 Å². The van der Waals surface area contributed by atoms with Crippen molar-refractivity contribution in [3.8, 4) is 5.75 Å². The lowest BCUT2D eigenvalue weighted by molar-refractivity contribution is -0.383. The summed E-state index contributed by atoms with van der Waals surface area (Å²) in [5, 5.41) is 22.7. The number of carboxylic acid groups (broad SMARTS) is 1. The molecule has 0 aromatic heterocycles. The molecule has 0 radical (unpaired) electrons. The number of aliphatic carboxylic acids is 1. The summed E-state index contributed by atoms with van der Waals surface area (Å²) in [6.45, 7) is 1.55. The number of hydrogen-bond donors (Lipinski definition) is 3. The summed E-state index contributed by atoms with van der Waals surface area (Å²) in [5.41, 5.74) is 5.46. The van der Waals surface area contributed by atoms with Gasteiger partial charge in [-0.25, -0.2) is 0 Å². The van der Waals surface area contributed by atoms with E-state index in [0.29, 0.717) is 6.42 Å². The van der Waals surface area contributed by atoms with Crippen molar-refractivity contribution >= 4 is 23.0 Å². The minimum Gasteiger partial charge on any atom is -0.491 e. The van der Waals surface area contributed by atoms with Gasteiger partial charge >= 0.3 is 5.97 Å². The third-order valence-electron chi connectivity index (χ3n) is 3.21. The van der Waals surface area contributed by atoms with Crippen LogP contribution < -0.4 is 15.8 Å². The van der Waals surface area contributed by atoms with Gasteiger partial charge in [0.25, 0.3) is 5.69 Å². The fourth-order valence-corrected chi connectivity index (χ4v) is 1.87. The number of nitro groups is 1. The Kier molecular flexibility index (Phi) is 7.21. The second kappa shape index (κ2) is 8.89. The van der Waals surface area contributed by atoms with Crippen LogP contribution in [0.3, 0.4) is 0 Å². The lowest BCUT2D eigenvalue weighted by Crippen LogP contribution is -2.25. The van der Waals surface area contributed by atoms with E-state index < -0.39 is 23.2 Å². The number of hydrogen-bond acceptors (Lipinski definition) is 8. The van der Waals surface area contributed by atoms with Gasteiger partial charge in [-0.15, -0.1) is 0 Å². The lowest BCUT2D eigenvalue weighted by atomic mass is 10.2. The average Bonchev–Trinajstić information content (AvgIpc) is 2.53. The van der Waals surface area contributed by atoms with Gasteiger partial charge in [0.1, 0.15) is 6.04 Å². The number of anilines is 2. The van der Waals surface area contributed by atoms with E-state index in [1.54, 1.807) is 0 Å². The number of benzene rings is 1. The molecule has 10 heteroatoms. The molecule has 134 valence electrons. The second-order valence-corrected chi connectivity index (χ2v) is 4.91. The summed E-state index contributed by atoms with van der Waals surface area (Å²) in [6.07, 6.45) is -0.0989. The number of carboxylic acids is 1. The van der Waals surface area contributed by atoms with Crippen molar-refractivity contribution in [3.05, 3.63) is 22.2 Å². The van der Waals surface area contributed by atoms with Crippen LogP contribution in [0.4, 0.5) is 17.1 Å². The third kappa shape index (κ3) is 5.25. The molecule has 0 aliphatic rings. The number of nitrogens with zero attached hydrogens (tertiary/aromatic N) is 1. The number of rotatable bonds is 10. The Balaban J connectivity index is 2.98. The highest BCUT2D eigenvalue weighted by atomic mass is 16.7. The van der Waals surface area contributed by atoms with E-state index in [-0.39, 0.29) is 29.4 Å². The van der Waals surface area contributed by atoms with Crippen LogP contribution >= 0.6 is 0 Å². The molecule has 1 rings (SSSR count). The number of nitrogens with two attached hydrogens (primary N) is 1. The van der Waals surface area contributed by atoms with Crippen molar-refractivity contribution in [2.45, 2.75) is 25.7 Å². The average molecular weight is 343 g/mol. The molecule has 10 nitrogen and oxygen atoms in total. The van der Waals surface area contributed by atoms with Crippen LogP contribution in [0.1, 0.15) is 13.3 Å². The summed E-state index contributed by atoms with van der Waals surface area (Å²) >= 11 is 0. The van der Waals surface area contributed by atoms with Crippen LogP contribution in [0.15, 0.2) is 12.1 Å². The maximum absolute atomic E-state index is 11.1. The Labute approximate surface area is 138 Å². The largest absolute Gasteiger partial charge is 0.491 e. The van der Waals surface area contributed by atoms with Crippen LogP contribution in [0.5, 0.6) is 5.75 Å². The SMILES string of the molecule is COC(CCOc1cc(N[C@@H](C)C(=O)O)cc([N+](=O)[O-])c1N)OC. The third-order valence-corrected chi connectivity index (χ3v) is 3.21. The standard InChI is InChI=1S/C14H21N3O7/c1-8(14(18)19)16-9-6-10(17(20)21)13(15)11(7-9)24-5-4-12(22-2)23-3/h6-8,12,16H,4-5,15H2,1-3H3,(H,18,19)/t8-/m0/s1. The molecule has 0 bridgehead atoms. The highest BCUT2D eigenvalue weighted by molar-refractivity contribution is 5.79. The van der Waals surface area contributed by atoms with E-state index in [1.807, 2.05) is 0 Å². The number of ether oxygens (including phenoxy) is 3. The van der Waals surface area contributed by atoms with Gasteiger partial charge < -0.3 is 30.4 Å². The fraction of sp³-hybridized carbons (Fsp3) is 0.500. The molecule has 0 aliphatic heterocycles. The highest BCUT2D eigenvalue weighted by Gasteiger charge is 2.20. The van der Waals surface area contributed by atoms with E-state index in [9.17, 15) is 14.9 Å². The Bertz CT molecular complexity index is 590. The number of carbonyl (C=O) groups is 1. The minimum atomic E-state index is -1.10. The molecule has 0 saturated heterocycles. The normalized spacial score (nSPS) is 12.0. The van der Waals surface area contributed by atoms with Crippen molar-refractivity contribution in [3.63, 3.8) is 0 Å². The van der Waals surface area contributed by atoms with E-state index >= 15 is 0 Å².